The van der Waals surface area contributed by atoms with E-state index in [9.17, 15) is 8.78 Å². The van der Waals surface area contributed by atoms with E-state index < -0.39 is 6.04 Å². The fraction of sp³-hybridized carbons (Fsp3) is 0.115. The number of hydrogen-bond acceptors (Lipinski definition) is 4. The van der Waals surface area contributed by atoms with E-state index in [0.717, 1.165) is 28.1 Å². The Morgan fingerprint density at radius 2 is 1.50 bits per heavy atom. The Bertz CT molecular complexity index is 1380. The maximum absolute atomic E-state index is 13.6. The van der Waals surface area contributed by atoms with E-state index in [0.29, 0.717) is 11.4 Å². The second-order valence-corrected chi connectivity index (χ2v) is 7.90. The van der Waals surface area contributed by atoms with Crippen LogP contribution in [0.1, 0.15) is 22.9 Å². The Kier molecular flexibility index (Phi) is 5.63. The number of halogens is 2. The second-order valence-electron chi connectivity index (χ2n) is 7.90. The molecular weight excluding hydrogens is 436 g/mol. The molecule has 0 aliphatic rings. The number of benzene rings is 3. The molecule has 8 heteroatoms. The first-order valence-electron chi connectivity index (χ1n) is 10.6. The van der Waals surface area contributed by atoms with Crippen LogP contribution >= 0.6 is 0 Å². The Morgan fingerprint density at radius 3 is 2.06 bits per heavy atom. The summed E-state index contributed by atoms with van der Waals surface area (Å²) in [5.74, 6) is 0.000353. The summed E-state index contributed by atoms with van der Waals surface area (Å²) in [7, 11) is 1.61. The van der Waals surface area contributed by atoms with Crippen molar-refractivity contribution in [3.05, 3.63) is 114 Å². The van der Waals surface area contributed by atoms with Gasteiger partial charge in [0.15, 0.2) is 0 Å². The molecule has 0 aliphatic heterocycles. The minimum atomic E-state index is -0.405. The molecule has 5 rings (SSSR count). The third-order valence-corrected chi connectivity index (χ3v) is 5.61. The van der Waals surface area contributed by atoms with Crippen molar-refractivity contribution < 1.29 is 13.5 Å². The number of ether oxygens (including phenoxy) is 1. The first kappa shape index (κ1) is 21.5. The van der Waals surface area contributed by atoms with Gasteiger partial charge in [0.2, 0.25) is 0 Å². The molecule has 2 heterocycles. The largest absolute Gasteiger partial charge is 0.495 e. The van der Waals surface area contributed by atoms with Crippen molar-refractivity contribution in [2.75, 3.05) is 7.11 Å². The van der Waals surface area contributed by atoms with E-state index in [2.05, 4.69) is 15.3 Å². The van der Waals surface area contributed by atoms with Crippen LogP contribution in [0.25, 0.3) is 16.9 Å². The van der Waals surface area contributed by atoms with Crippen molar-refractivity contribution in [1.82, 2.24) is 24.5 Å². The minimum absolute atomic E-state index is 0.332. The Labute approximate surface area is 195 Å². The third-order valence-electron chi connectivity index (χ3n) is 5.61. The number of aryl methyl sites for hydroxylation is 1. The van der Waals surface area contributed by atoms with Crippen LogP contribution in [0.15, 0.2) is 85.5 Å². The van der Waals surface area contributed by atoms with Crippen molar-refractivity contribution in [1.29, 1.82) is 0 Å². The van der Waals surface area contributed by atoms with Gasteiger partial charge in [-0.15, -0.1) is 5.10 Å². The molecule has 6 nitrogen and oxygen atoms in total. The molecule has 170 valence electrons. The maximum atomic E-state index is 13.6. The van der Waals surface area contributed by atoms with Gasteiger partial charge < -0.3 is 9.30 Å². The van der Waals surface area contributed by atoms with Crippen molar-refractivity contribution in [2.24, 2.45) is 0 Å². The number of nitrogens with zero attached hydrogens (tertiary/aromatic N) is 5. The van der Waals surface area contributed by atoms with Gasteiger partial charge in [-0.1, -0.05) is 35.5 Å². The third kappa shape index (κ3) is 4.17. The monoisotopic (exact) mass is 457 g/mol. The van der Waals surface area contributed by atoms with E-state index in [1.165, 1.54) is 24.3 Å². The summed E-state index contributed by atoms with van der Waals surface area (Å²) in [6.45, 7) is 1.92. The lowest BCUT2D eigenvalue weighted by Gasteiger charge is -2.18. The fourth-order valence-corrected chi connectivity index (χ4v) is 3.93. The molecule has 0 unspecified atom stereocenters. The molecule has 0 aliphatic carbocycles. The molecule has 34 heavy (non-hydrogen) atoms. The number of aromatic nitrogens is 5. The van der Waals surface area contributed by atoms with Crippen molar-refractivity contribution in [3.63, 3.8) is 0 Å². The minimum Gasteiger partial charge on any atom is -0.495 e. The zero-order valence-corrected chi connectivity index (χ0v) is 18.6. The summed E-state index contributed by atoms with van der Waals surface area (Å²) in [4.78, 5) is 4.27. The molecule has 0 bridgehead atoms. The lowest BCUT2D eigenvalue weighted by molar-refractivity contribution is 0.413. The molecular formula is C26H21F2N5O. The van der Waals surface area contributed by atoms with E-state index >= 15 is 0 Å². The molecule has 3 aromatic carbocycles. The lowest BCUT2D eigenvalue weighted by Crippen LogP contribution is -2.13. The highest BCUT2D eigenvalue weighted by Gasteiger charge is 2.20. The lowest BCUT2D eigenvalue weighted by atomic mass is 9.98. The maximum Gasteiger partial charge on any atom is 0.143 e. The number of methoxy groups -OCH3 is 1. The number of imidazole rings is 1. The molecule has 0 N–H and O–H groups in total. The smallest absolute Gasteiger partial charge is 0.143 e. The average Bonchev–Trinajstić information content (AvgIpc) is 3.51. The summed E-state index contributed by atoms with van der Waals surface area (Å²) < 4.78 is 36.3. The van der Waals surface area contributed by atoms with Gasteiger partial charge in [0, 0.05) is 11.8 Å². The zero-order chi connectivity index (χ0) is 23.7. The Hall–Kier alpha value is -4.33. The molecule has 0 spiro atoms. The standard InChI is InChI=1S/C26H21F2N5O/c1-17-14-32(16-29-17)24-12-7-20(13-25(24)34-2)23-15-33(31-30-23)26(18-3-8-21(27)9-4-18)19-5-10-22(28)11-6-19/h3-16,26H,1-2H3. The summed E-state index contributed by atoms with van der Waals surface area (Å²) >= 11 is 0. The first-order chi connectivity index (χ1) is 16.5. The highest BCUT2D eigenvalue weighted by molar-refractivity contribution is 5.64. The Balaban J connectivity index is 1.54. The predicted octanol–water partition coefficient (Wildman–Crippen LogP) is 5.36. The molecule has 0 radical (unpaired) electrons. The van der Waals surface area contributed by atoms with Gasteiger partial charge in [-0.2, -0.15) is 0 Å². The van der Waals surface area contributed by atoms with Gasteiger partial charge >= 0.3 is 0 Å². The predicted molar refractivity (Wildman–Crippen MR) is 124 cm³/mol. The normalized spacial score (nSPS) is 11.2. The molecule has 2 aromatic heterocycles. The molecule has 0 amide bonds. The van der Waals surface area contributed by atoms with Crippen LogP contribution in [-0.4, -0.2) is 31.7 Å². The highest BCUT2D eigenvalue weighted by Crippen LogP contribution is 2.31. The average molecular weight is 457 g/mol. The molecule has 0 atom stereocenters. The summed E-state index contributed by atoms with van der Waals surface area (Å²) in [6.07, 6.45) is 5.47. The van der Waals surface area contributed by atoms with Crippen LogP contribution in [0.4, 0.5) is 8.78 Å². The van der Waals surface area contributed by atoms with E-state index in [1.54, 1.807) is 42.4 Å². The first-order valence-corrected chi connectivity index (χ1v) is 10.6. The van der Waals surface area contributed by atoms with Gasteiger partial charge in [-0.05, 0) is 54.4 Å². The molecule has 0 saturated heterocycles. The van der Waals surface area contributed by atoms with Crippen LogP contribution in [0.5, 0.6) is 5.75 Å². The fourth-order valence-electron chi connectivity index (χ4n) is 3.93. The van der Waals surface area contributed by atoms with Crippen molar-refractivity contribution in [3.8, 4) is 22.7 Å². The molecule has 0 fully saturated rings. The highest BCUT2D eigenvalue weighted by atomic mass is 19.1. The van der Waals surface area contributed by atoms with Crippen molar-refractivity contribution >= 4 is 0 Å². The van der Waals surface area contributed by atoms with E-state index in [-0.39, 0.29) is 11.6 Å². The van der Waals surface area contributed by atoms with Gasteiger partial charge in [0.1, 0.15) is 29.1 Å². The topological polar surface area (TPSA) is 57.8 Å². The van der Waals surface area contributed by atoms with E-state index in [1.807, 2.05) is 42.1 Å². The van der Waals surface area contributed by atoms with Crippen LogP contribution in [0, 0.1) is 18.6 Å². The van der Waals surface area contributed by atoms with Crippen molar-refractivity contribution in [2.45, 2.75) is 13.0 Å². The van der Waals surface area contributed by atoms with Gasteiger partial charge in [-0.25, -0.2) is 18.4 Å². The molecule has 0 saturated carbocycles. The van der Waals surface area contributed by atoms with Gasteiger partial charge in [0.25, 0.3) is 0 Å². The second kappa shape index (κ2) is 8.90. The van der Waals surface area contributed by atoms with Crippen LogP contribution in [0.3, 0.4) is 0 Å². The summed E-state index contributed by atoms with van der Waals surface area (Å²) in [5, 5.41) is 8.72. The van der Waals surface area contributed by atoms with Gasteiger partial charge in [-0.3, -0.25) is 0 Å². The van der Waals surface area contributed by atoms with Crippen LogP contribution in [-0.2, 0) is 0 Å². The van der Waals surface area contributed by atoms with Crippen LogP contribution < -0.4 is 4.74 Å². The Morgan fingerprint density at radius 1 is 0.853 bits per heavy atom. The number of rotatable bonds is 6. The van der Waals surface area contributed by atoms with E-state index in [4.69, 9.17) is 4.74 Å². The summed E-state index contributed by atoms with van der Waals surface area (Å²) in [5.41, 5.74) is 4.82. The number of hydrogen-bond donors (Lipinski definition) is 0. The van der Waals surface area contributed by atoms with Gasteiger partial charge in [0.05, 0.1) is 31.0 Å². The zero-order valence-electron chi connectivity index (χ0n) is 18.6. The quantitative estimate of drug-likeness (QED) is 0.344. The SMILES string of the molecule is COc1cc(-c2cn(C(c3ccc(F)cc3)c3ccc(F)cc3)nn2)ccc1-n1cnc(C)c1. The van der Waals surface area contributed by atoms with Crippen LogP contribution in [0.2, 0.25) is 0 Å². The summed E-state index contributed by atoms with van der Waals surface area (Å²) in [6, 6.07) is 17.7. The molecule has 5 aromatic rings.